The highest BCUT2D eigenvalue weighted by molar-refractivity contribution is 6.49. The second kappa shape index (κ2) is 6.15. The van der Waals surface area contributed by atoms with Crippen molar-refractivity contribution in [1.29, 1.82) is 0 Å². The molecule has 0 atom stereocenters. The molecule has 0 amide bonds. The molecule has 0 spiro atoms. The highest BCUT2D eigenvalue weighted by Gasteiger charge is 2.14. The van der Waals surface area contributed by atoms with E-state index in [2.05, 4.69) is 0 Å². The van der Waals surface area contributed by atoms with Crippen LogP contribution in [0.3, 0.4) is 0 Å². The zero-order valence-corrected chi connectivity index (χ0v) is 12.6. The third-order valence-electron chi connectivity index (χ3n) is 2.71. The van der Waals surface area contributed by atoms with Crippen molar-refractivity contribution in [2.24, 2.45) is 0 Å². The summed E-state index contributed by atoms with van der Waals surface area (Å²) in [7, 11) is 0. The van der Waals surface area contributed by atoms with E-state index in [1.807, 2.05) is 12.1 Å². The van der Waals surface area contributed by atoms with Gasteiger partial charge in [-0.1, -0.05) is 70.7 Å². The molecule has 0 aromatic heterocycles. The Morgan fingerprint density at radius 2 is 1.53 bits per heavy atom. The van der Waals surface area contributed by atoms with Gasteiger partial charge in [0.05, 0.1) is 20.1 Å². The summed E-state index contributed by atoms with van der Waals surface area (Å²) in [4.78, 5) is 10.6. The van der Waals surface area contributed by atoms with Gasteiger partial charge in [0.1, 0.15) is 6.29 Å². The van der Waals surface area contributed by atoms with Crippen molar-refractivity contribution in [1.82, 2.24) is 0 Å². The molecule has 0 saturated carbocycles. The summed E-state index contributed by atoms with van der Waals surface area (Å²) in [6.45, 7) is 0. The lowest BCUT2D eigenvalue weighted by Crippen LogP contribution is -1.91. The van der Waals surface area contributed by atoms with E-state index < -0.39 is 0 Å². The zero-order valence-electron chi connectivity index (χ0n) is 9.59. The van der Waals surface area contributed by atoms with Crippen LogP contribution in [0.5, 0.6) is 0 Å². The minimum atomic E-state index is 0.256. The highest BCUT2D eigenvalue weighted by Crippen LogP contribution is 2.41. The number of halogens is 4. The molecule has 0 saturated heterocycles. The number of benzene rings is 2. The zero-order chi connectivity index (χ0) is 14.0. The first-order valence-corrected chi connectivity index (χ1v) is 6.92. The molecule has 0 radical (unpaired) electrons. The van der Waals surface area contributed by atoms with Crippen molar-refractivity contribution in [3.8, 4) is 11.1 Å². The third kappa shape index (κ3) is 2.90. The summed E-state index contributed by atoms with van der Waals surface area (Å²) in [6, 6.07) is 8.85. The number of rotatable bonds is 3. The van der Waals surface area contributed by atoms with E-state index in [1.165, 1.54) is 0 Å². The van der Waals surface area contributed by atoms with Crippen LogP contribution in [0.4, 0.5) is 0 Å². The maximum Gasteiger partial charge on any atom is 0.124 e. The standard InChI is InChI=1S/C14H8Cl4O/c15-11-5-4-10(13(17)14(11)18)9-3-1-2-8(6-7-19)12(9)16/h1-5,7H,6H2. The van der Waals surface area contributed by atoms with Crippen molar-refractivity contribution >= 4 is 52.7 Å². The maximum atomic E-state index is 10.6. The molecule has 0 fully saturated rings. The van der Waals surface area contributed by atoms with Crippen LogP contribution in [-0.4, -0.2) is 6.29 Å². The second-order valence-corrected chi connectivity index (χ2v) is 5.41. The predicted molar refractivity (Wildman–Crippen MR) is 81.7 cm³/mol. The molecule has 2 aromatic rings. The molecule has 0 aliphatic carbocycles. The van der Waals surface area contributed by atoms with E-state index in [9.17, 15) is 4.79 Å². The third-order valence-corrected chi connectivity index (χ3v) is 4.45. The SMILES string of the molecule is O=CCc1cccc(-c2ccc(Cl)c(Cl)c2Cl)c1Cl. The van der Waals surface area contributed by atoms with Gasteiger partial charge in [-0.3, -0.25) is 0 Å². The molecule has 0 unspecified atom stereocenters. The summed E-state index contributed by atoms with van der Waals surface area (Å²) >= 11 is 24.4. The fourth-order valence-electron chi connectivity index (χ4n) is 1.77. The van der Waals surface area contributed by atoms with Crippen molar-refractivity contribution < 1.29 is 4.79 Å². The normalized spacial score (nSPS) is 10.5. The Bertz CT molecular complexity index is 638. The molecule has 0 heterocycles. The molecular formula is C14H8Cl4O. The molecule has 0 bridgehead atoms. The molecule has 2 rings (SSSR count). The molecule has 98 valence electrons. The minimum absolute atomic E-state index is 0.256. The molecule has 0 aliphatic heterocycles. The van der Waals surface area contributed by atoms with E-state index in [0.717, 1.165) is 17.4 Å². The lowest BCUT2D eigenvalue weighted by molar-refractivity contribution is -0.107. The quantitative estimate of drug-likeness (QED) is 0.519. The van der Waals surface area contributed by atoms with Crippen LogP contribution >= 0.6 is 46.4 Å². The van der Waals surface area contributed by atoms with Gasteiger partial charge >= 0.3 is 0 Å². The first-order valence-electron chi connectivity index (χ1n) is 5.41. The van der Waals surface area contributed by atoms with E-state index in [4.69, 9.17) is 46.4 Å². The van der Waals surface area contributed by atoms with Gasteiger partial charge in [0.25, 0.3) is 0 Å². The van der Waals surface area contributed by atoms with Crippen LogP contribution in [0.2, 0.25) is 20.1 Å². The monoisotopic (exact) mass is 332 g/mol. The lowest BCUT2D eigenvalue weighted by atomic mass is 10.0. The van der Waals surface area contributed by atoms with E-state index in [1.54, 1.807) is 18.2 Å². The van der Waals surface area contributed by atoms with Gasteiger partial charge in [-0.05, 0) is 11.6 Å². The predicted octanol–water partition coefficient (Wildman–Crippen LogP) is 5.71. The van der Waals surface area contributed by atoms with Crippen LogP contribution in [0, 0.1) is 0 Å². The maximum absolute atomic E-state index is 10.6. The number of carbonyl (C=O) groups excluding carboxylic acids is 1. The first-order chi connectivity index (χ1) is 9.06. The average molecular weight is 334 g/mol. The lowest BCUT2D eigenvalue weighted by Gasteiger charge is -2.11. The first kappa shape index (κ1) is 14.7. The largest absolute Gasteiger partial charge is 0.303 e. The van der Waals surface area contributed by atoms with Gasteiger partial charge in [0, 0.05) is 17.5 Å². The van der Waals surface area contributed by atoms with Crippen molar-refractivity contribution in [2.75, 3.05) is 0 Å². The topological polar surface area (TPSA) is 17.1 Å². The van der Waals surface area contributed by atoms with Crippen molar-refractivity contribution in [2.45, 2.75) is 6.42 Å². The molecular weight excluding hydrogens is 326 g/mol. The van der Waals surface area contributed by atoms with Crippen LogP contribution in [-0.2, 0) is 11.2 Å². The minimum Gasteiger partial charge on any atom is -0.303 e. The van der Waals surface area contributed by atoms with Crippen molar-refractivity contribution in [3.05, 3.63) is 56.0 Å². The van der Waals surface area contributed by atoms with Gasteiger partial charge in [0.15, 0.2) is 0 Å². The van der Waals surface area contributed by atoms with Gasteiger partial charge < -0.3 is 4.79 Å². The fourth-order valence-corrected chi connectivity index (χ4v) is 2.71. The smallest absolute Gasteiger partial charge is 0.124 e. The van der Waals surface area contributed by atoms with Gasteiger partial charge in [0.2, 0.25) is 0 Å². The number of hydrogen-bond donors (Lipinski definition) is 0. The Morgan fingerprint density at radius 3 is 2.21 bits per heavy atom. The molecule has 5 heteroatoms. The van der Waals surface area contributed by atoms with Crippen molar-refractivity contribution in [3.63, 3.8) is 0 Å². The Kier molecular flexibility index (Phi) is 4.75. The molecule has 0 aliphatic rings. The highest BCUT2D eigenvalue weighted by atomic mass is 35.5. The van der Waals surface area contributed by atoms with Crippen LogP contribution < -0.4 is 0 Å². The summed E-state index contributed by atoms with van der Waals surface area (Å²) in [5.74, 6) is 0. The van der Waals surface area contributed by atoms with Gasteiger partial charge in [-0.15, -0.1) is 0 Å². The summed E-state index contributed by atoms with van der Waals surface area (Å²) in [5.41, 5.74) is 2.16. The Hall–Kier alpha value is -0.730. The van der Waals surface area contributed by atoms with E-state index in [-0.39, 0.29) is 11.4 Å². The average Bonchev–Trinajstić information content (AvgIpc) is 2.40. The fraction of sp³-hybridized carbons (Fsp3) is 0.0714. The van der Waals surface area contributed by atoms with Crippen LogP contribution in [0.15, 0.2) is 30.3 Å². The molecule has 0 N–H and O–H groups in total. The van der Waals surface area contributed by atoms with E-state index >= 15 is 0 Å². The summed E-state index contributed by atoms with van der Waals surface area (Å²) in [5, 5.41) is 1.52. The number of aldehydes is 1. The van der Waals surface area contributed by atoms with Gasteiger partial charge in [-0.2, -0.15) is 0 Å². The number of hydrogen-bond acceptors (Lipinski definition) is 1. The summed E-state index contributed by atoms with van der Waals surface area (Å²) < 4.78 is 0. The van der Waals surface area contributed by atoms with Crippen LogP contribution in [0.25, 0.3) is 11.1 Å². The Morgan fingerprint density at radius 1 is 0.842 bits per heavy atom. The molecule has 19 heavy (non-hydrogen) atoms. The second-order valence-electron chi connectivity index (χ2n) is 3.87. The Labute approximate surface area is 131 Å². The molecule has 2 aromatic carbocycles. The number of carbonyl (C=O) groups is 1. The van der Waals surface area contributed by atoms with Crippen LogP contribution in [0.1, 0.15) is 5.56 Å². The summed E-state index contributed by atoms with van der Waals surface area (Å²) in [6.07, 6.45) is 1.06. The van der Waals surface area contributed by atoms with E-state index in [0.29, 0.717) is 20.6 Å². The Balaban J connectivity index is 2.63. The molecule has 1 nitrogen and oxygen atoms in total. The van der Waals surface area contributed by atoms with Gasteiger partial charge in [-0.25, -0.2) is 0 Å².